The van der Waals surface area contributed by atoms with E-state index < -0.39 is 24.1 Å². The Morgan fingerprint density at radius 1 is 1.09 bits per heavy atom. The predicted molar refractivity (Wildman–Crippen MR) is 122 cm³/mol. The second kappa shape index (κ2) is 9.80. The van der Waals surface area contributed by atoms with E-state index in [1.807, 2.05) is 36.4 Å². The summed E-state index contributed by atoms with van der Waals surface area (Å²) in [5.74, 6) is -1.76. The number of carboxylic acids is 1. The molecule has 170 valence electrons. The first-order chi connectivity index (χ1) is 16.0. The Hall–Kier alpha value is -3.76. The molecule has 3 aromatic rings. The second-order valence-electron chi connectivity index (χ2n) is 7.25. The van der Waals surface area contributed by atoms with Gasteiger partial charge in [-0.2, -0.15) is 0 Å². The van der Waals surface area contributed by atoms with Crippen LogP contribution in [0.2, 0.25) is 0 Å². The van der Waals surface area contributed by atoms with Gasteiger partial charge in [-0.15, -0.1) is 0 Å². The number of methoxy groups -OCH3 is 1. The molecular weight excluding hydrogens is 446 g/mol. The molecule has 2 aromatic carbocycles. The number of carbonyl (C=O) groups excluding carboxylic acids is 2. The third-order valence-corrected chi connectivity index (χ3v) is 6.20. The van der Waals surface area contributed by atoms with Gasteiger partial charge in [-0.1, -0.05) is 59.9 Å². The minimum Gasteiger partial charge on any atom is -0.479 e. The number of aliphatic carboxylic acids is 1. The quantitative estimate of drug-likeness (QED) is 0.464. The smallest absolute Gasteiger partial charge is 0.413 e. The first-order valence-corrected chi connectivity index (χ1v) is 10.9. The summed E-state index contributed by atoms with van der Waals surface area (Å²) in [7, 11) is 1.24. The molecule has 0 aliphatic heterocycles. The number of anilines is 1. The molecule has 1 unspecified atom stereocenters. The Morgan fingerprint density at radius 3 is 2.33 bits per heavy atom. The van der Waals surface area contributed by atoms with Gasteiger partial charge in [-0.3, -0.25) is 10.1 Å². The van der Waals surface area contributed by atoms with Crippen molar-refractivity contribution in [3.05, 3.63) is 70.7 Å². The Balaban J connectivity index is 1.34. The van der Waals surface area contributed by atoms with Crippen molar-refractivity contribution in [2.24, 2.45) is 0 Å². The molecule has 0 fully saturated rings. The monoisotopic (exact) mass is 467 g/mol. The number of hydrogen-bond donors (Lipinski definition) is 3. The SMILES string of the molecule is COC(CNC(=O)c1cnc(NC(=O)OCC2c3ccccc3-c3ccccc32)s1)C(=O)O. The van der Waals surface area contributed by atoms with Crippen LogP contribution in [0.15, 0.2) is 54.7 Å². The summed E-state index contributed by atoms with van der Waals surface area (Å²) >= 11 is 0.949. The van der Waals surface area contributed by atoms with Crippen molar-refractivity contribution in [3.8, 4) is 11.1 Å². The number of nitrogens with zero attached hydrogens (tertiary/aromatic N) is 1. The number of amides is 2. The zero-order valence-electron chi connectivity index (χ0n) is 17.6. The fraction of sp³-hybridized carbons (Fsp3) is 0.217. The van der Waals surface area contributed by atoms with E-state index in [9.17, 15) is 14.4 Å². The van der Waals surface area contributed by atoms with Gasteiger partial charge < -0.3 is 19.9 Å². The molecule has 0 saturated heterocycles. The molecule has 0 radical (unpaired) electrons. The van der Waals surface area contributed by atoms with Gasteiger partial charge in [0.25, 0.3) is 5.91 Å². The van der Waals surface area contributed by atoms with E-state index in [4.69, 9.17) is 14.6 Å². The summed E-state index contributed by atoms with van der Waals surface area (Å²) in [6, 6.07) is 16.1. The molecule has 1 aliphatic carbocycles. The second-order valence-corrected chi connectivity index (χ2v) is 8.28. The van der Waals surface area contributed by atoms with Crippen LogP contribution in [0.25, 0.3) is 11.1 Å². The number of aromatic nitrogens is 1. The molecule has 10 heteroatoms. The molecule has 1 aliphatic rings. The van der Waals surface area contributed by atoms with Crippen LogP contribution in [0.3, 0.4) is 0 Å². The van der Waals surface area contributed by atoms with Gasteiger partial charge in [0.1, 0.15) is 11.5 Å². The molecule has 2 amide bonds. The minimum absolute atomic E-state index is 0.0660. The largest absolute Gasteiger partial charge is 0.479 e. The Morgan fingerprint density at radius 2 is 1.73 bits per heavy atom. The van der Waals surface area contributed by atoms with Crippen LogP contribution in [0.1, 0.15) is 26.7 Å². The number of ether oxygens (including phenoxy) is 2. The molecule has 1 atom stereocenters. The number of carboxylic acid groups (broad SMARTS) is 1. The number of thiazole rings is 1. The molecular formula is C23H21N3O6S. The molecule has 9 nitrogen and oxygen atoms in total. The third kappa shape index (κ3) is 4.86. The normalized spacial score (nSPS) is 13.0. The summed E-state index contributed by atoms with van der Waals surface area (Å²) in [6.07, 6.45) is -0.537. The number of benzene rings is 2. The lowest BCUT2D eigenvalue weighted by Gasteiger charge is -2.14. The maximum absolute atomic E-state index is 12.4. The summed E-state index contributed by atoms with van der Waals surface area (Å²) in [6.45, 7) is -0.0378. The highest BCUT2D eigenvalue weighted by Gasteiger charge is 2.29. The van der Waals surface area contributed by atoms with Crippen LogP contribution >= 0.6 is 11.3 Å². The number of rotatable bonds is 8. The lowest BCUT2D eigenvalue weighted by Crippen LogP contribution is -2.37. The molecule has 4 rings (SSSR count). The highest BCUT2D eigenvalue weighted by atomic mass is 32.1. The van der Waals surface area contributed by atoms with E-state index in [0.717, 1.165) is 33.6 Å². The Kier molecular flexibility index (Phi) is 6.66. The van der Waals surface area contributed by atoms with Gasteiger partial charge in [0.15, 0.2) is 11.2 Å². The summed E-state index contributed by atoms with van der Waals surface area (Å²) < 4.78 is 10.2. The number of hydrogen-bond acceptors (Lipinski definition) is 7. The Labute approximate surface area is 193 Å². The van der Waals surface area contributed by atoms with E-state index in [2.05, 4.69) is 27.8 Å². The van der Waals surface area contributed by atoms with Crippen molar-refractivity contribution < 1.29 is 29.0 Å². The van der Waals surface area contributed by atoms with E-state index >= 15 is 0 Å². The average Bonchev–Trinajstić information content (AvgIpc) is 3.40. The van der Waals surface area contributed by atoms with Crippen LogP contribution in [0.4, 0.5) is 9.93 Å². The number of nitrogens with one attached hydrogen (secondary N) is 2. The van der Waals surface area contributed by atoms with Gasteiger partial charge in [0.2, 0.25) is 0 Å². The third-order valence-electron chi connectivity index (χ3n) is 5.29. The van der Waals surface area contributed by atoms with Gasteiger partial charge in [-0.05, 0) is 22.3 Å². The summed E-state index contributed by atoms with van der Waals surface area (Å²) in [5, 5.41) is 14.1. The van der Waals surface area contributed by atoms with Crippen LogP contribution in [-0.2, 0) is 14.3 Å². The average molecular weight is 468 g/mol. The predicted octanol–water partition coefficient (Wildman–Crippen LogP) is 3.33. The van der Waals surface area contributed by atoms with Crippen LogP contribution in [0, 0.1) is 0 Å². The van der Waals surface area contributed by atoms with Crippen molar-refractivity contribution in [2.75, 3.05) is 25.6 Å². The summed E-state index contributed by atoms with van der Waals surface area (Å²) in [4.78, 5) is 39.7. The van der Waals surface area contributed by atoms with E-state index in [1.54, 1.807) is 0 Å². The van der Waals surface area contributed by atoms with E-state index in [-0.39, 0.29) is 29.1 Å². The zero-order chi connectivity index (χ0) is 23.4. The highest BCUT2D eigenvalue weighted by molar-refractivity contribution is 7.17. The van der Waals surface area contributed by atoms with Crippen molar-refractivity contribution >= 4 is 34.4 Å². The highest BCUT2D eigenvalue weighted by Crippen LogP contribution is 2.44. The fourth-order valence-corrected chi connectivity index (χ4v) is 4.42. The van der Waals surface area contributed by atoms with Crippen molar-refractivity contribution in [3.63, 3.8) is 0 Å². The molecule has 0 saturated carbocycles. The maximum Gasteiger partial charge on any atom is 0.413 e. The fourth-order valence-electron chi connectivity index (χ4n) is 3.70. The molecule has 33 heavy (non-hydrogen) atoms. The summed E-state index contributed by atoms with van der Waals surface area (Å²) in [5.41, 5.74) is 4.48. The molecule has 1 aromatic heterocycles. The standard InChI is InChI=1S/C23H21N3O6S/c1-31-18(21(28)29)10-24-20(27)19-11-25-22(33-19)26-23(30)32-12-17-15-8-4-2-6-13(15)14-7-3-5-9-16(14)17/h2-9,11,17-18H,10,12H2,1H3,(H,24,27)(H,28,29)(H,25,26,30). The van der Waals surface area contributed by atoms with Crippen LogP contribution < -0.4 is 10.6 Å². The van der Waals surface area contributed by atoms with Gasteiger partial charge >= 0.3 is 12.1 Å². The minimum atomic E-state index is -1.18. The van der Waals surface area contributed by atoms with Gasteiger partial charge in [0, 0.05) is 13.0 Å². The maximum atomic E-state index is 12.4. The lowest BCUT2D eigenvalue weighted by atomic mass is 9.98. The van der Waals surface area contributed by atoms with Crippen LogP contribution in [-0.4, -0.2) is 54.4 Å². The molecule has 0 spiro atoms. The first kappa shape index (κ1) is 22.4. The van der Waals surface area contributed by atoms with Crippen LogP contribution in [0.5, 0.6) is 0 Å². The van der Waals surface area contributed by atoms with Gasteiger partial charge in [-0.25, -0.2) is 14.6 Å². The molecule has 0 bridgehead atoms. The molecule has 3 N–H and O–H groups in total. The number of carbonyl (C=O) groups is 3. The number of fused-ring (bicyclic) bond motifs is 3. The lowest BCUT2D eigenvalue weighted by molar-refractivity contribution is -0.148. The van der Waals surface area contributed by atoms with Crippen molar-refractivity contribution in [2.45, 2.75) is 12.0 Å². The van der Waals surface area contributed by atoms with E-state index in [0.29, 0.717) is 0 Å². The zero-order valence-corrected chi connectivity index (χ0v) is 18.4. The Bertz CT molecular complexity index is 1150. The van der Waals surface area contributed by atoms with Gasteiger partial charge in [0.05, 0.1) is 12.7 Å². The molecule has 1 heterocycles. The van der Waals surface area contributed by atoms with Crippen molar-refractivity contribution in [1.29, 1.82) is 0 Å². The van der Waals surface area contributed by atoms with E-state index in [1.165, 1.54) is 13.3 Å². The topological polar surface area (TPSA) is 127 Å². The van der Waals surface area contributed by atoms with Crippen molar-refractivity contribution in [1.82, 2.24) is 10.3 Å². The first-order valence-electron chi connectivity index (χ1n) is 10.1.